The van der Waals surface area contributed by atoms with Crippen molar-refractivity contribution in [2.75, 3.05) is 20.8 Å². The van der Waals surface area contributed by atoms with Crippen molar-refractivity contribution in [2.24, 2.45) is 0 Å². The fourth-order valence-corrected chi connectivity index (χ4v) is 8.09. The van der Waals surface area contributed by atoms with Crippen LogP contribution in [0.1, 0.15) is 46.2 Å². The predicted molar refractivity (Wildman–Crippen MR) is 212 cm³/mol. The maximum Gasteiger partial charge on any atom is 0.341 e. The van der Waals surface area contributed by atoms with E-state index in [1.54, 1.807) is 32.4 Å². The number of hydrogen-bond donors (Lipinski definition) is 0. The highest BCUT2D eigenvalue weighted by molar-refractivity contribution is 5.98. The van der Waals surface area contributed by atoms with Crippen molar-refractivity contribution in [1.29, 1.82) is 5.26 Å². The fourth-order valence-electron chi connectivity index (χ4n) is 8.09. The van der Waals surface area contributed by atoms with Crippen LogP contribution in [0.25, 0.3) is 38.5 Å². The van der Waals surface area contributed by atoms with E-state index in [1.165, 1.54) is 0 Å². The smallest absolute Gasteiger partial charge is 0.341 e. The minimum atomic E-state index is -0.715. The van der Waals surface area contributed by atoms with Gasteiger partial charge in [-0.2, -0.15) is 10.1 Å². The highest BCUT2D eigenvalue weighted by Crippen LogP contribution is 2.57. The fraction of sp³-hybridized carbons (Fsp3) is 0.170. The molecule has 8 rings (SSSR count). The molecule has 8 nitrogen and oxygen atoms in total. The zero-order valence-corrected chi connectivity index (χ0v) is 30.4. The second-order valence-electron chi connectivity index (χ2n) is 13.8. The van der Waals surface area contributed by atoms with Crippen molar-refractivity contribution in [3.8, 4) is 29.1 Å². The molecule has 2 aliphatic rings. The highest BCUT2D eigenvalue weighted by Gasteiger charge is 2.49. The van der Waals surface area contributed by atoms with E-state index in [9.17, 15) is 10.1 Å². The summed E-state index contributed by atoms with van der Waals surface area (Å²) in [6.07, 6.45) is 6.56. The first-order valence-corrected chi connectivity index (χ1v) is 18.0. The lowest BCUT2D eigenvalue weighted by Crippen LogP contribution is -2.24. The highest BCUT2D eigenvalue weighted by atomic mass is 17.2. The van der Waals surface area contributed by atoms with Gasteiger partial charge in [0.05, 0.1) is 32.4 Å². The Morgan fingerprint density at radius 2 is 1.29 bits per heavy atom. The molecule has 55 heavy (non-hydrogen) atoms. The molecule has 1 spiro atoms. The maximum atomic E-state index is 13.7. The van der Waals surface area contributed by atoms with Crippen LogP contribution in [0.3, 0.4) is 0 Å². The molecule has 1 atom stereocenters. The molecular formula is C47H36N2O6. The minimum Gasteiger partial charge on any atom is -0.497 e. The van der Waals surface area contributed by atoms with E-state index in [1.807, 2.05) is 91.0 Å². The second-order valence-corrected chi connectivity index (χ2v) is 13.8. The number of esters is 1. The Kier molecular flexibility index (Phi) is 9.51. The van der Waals surface area contributed by atoms with Gasteiger partial charge in [-0.25, -0.2) is 4.85 Å². The summed E-state index contributed by atoms with van der Waals surface area (Å²) in [6.45, 7) is 7.81. The number of fused-ring (bicyclic) bond motifs is 6. The van der Waals surface area contributed by atoms with Crippen molar-refractivity contribution < 1.29 is 28.8 Å². The number of ether oxygens (including phenoxy) is 3. The third-order valence-electron chi connectivity index (χ3n) is 10.7. The van der Waals surface area contributed by atoms with Crippen LogP contribution in [0.5, 0.6) is 23.0 Å². The zero-order valence-electron chi connectivity index (χ0n) is 30.4. The topological polar surface area (TPSA) is 91.4 Å². The van der Waals surface area contributed by atoms with Crippen molar-refractivity contribution in [1.82, 2.24) is 0 Å². The minimum absolute atomic E-state index is 0.0512. The Morgan fingerprint density at radius 3 is 1.87 bits per heavy atom. The Morgan fingerprint density at radius 1 is 0.745 bits per heavy atom. The SMILES string of the molecule is [C-]#[N+]/C(=C\c1ccc2cc(OC)ccc2c1)C(=O)Oc1cccc2c1C1(CCc3cccc(OOC/C(C#N)=C/c4ccc5cc(OC)ccc5c4)c31)CC2. The maximum absolute atomic E-state index is 13.7. The van der Waals surface area contributed by atoms with Crippen LogP contribution in [0.15, 0.2) is 120 Å². The molecule has 2 aliphatic carbocycles. The van der Waals surface area contributed by atoms with Crippen LogP contribution in [0, 0.1) is 17.9 Å². The average molecular weight is 725 g/mol. The molecule has 0 N–H and O–H groups in total. The van der Waals surface area contributed by atoms with Crippen molar-refractivity contribution in [3.63, 3.8) is 0 Å². The number of nitrogens with zero attached hydrogens (tertiary/aromatic N) is 2. The molecule has 0 radical (unpaired) electrons. The van der Waals surface area contributed by atoms with Gasteiger partial charge in [0.2, 0.25) is 0 Å². The zero-order chi connectivity index (χ0) is 37.9. The Labute approximate surface area is 319 Å². The largest absolute Gasteiger partial charge is 0.497 e. The van der Waals surface area contributed by atoms with Gasteiger partial charge < -0.3 is 19.1 Å². The van der Waals surface area contributed by atoms with Gasteiger partial charge in [-0.1, -0.05) is 60.7 Å². The summed E-state index contributed by atoms with van der Waals surface area (Å²) in [5, 5.41) is 14.0. The Bertz CT molecular complexity index is 2640. The molecule has 1 unspecified atom stereocenters. The Balaban J connectivity index is 1.03. The number of carbonyl (C=O) groups is 1. The van der Waals surface area contributed by atoms with Gasteiger partial charge in [0.15, 0.2) is 5.75 Å². The van der Waals surface area contributed by atoms with E-state index in [0.29, 0.717) is 17.1 Å². The number of benzene rings is 6. The second kappa shape index (κ2) is 14.9. The number of methoxy groups -OCH3 is 2. The molecule has 270 valence electrons. The number of nitriles is 1. The summed E-state index contributed by atoms with van der Waals surface area (Å²) >= 11 is 0. The van der Waals surface area contributed by atoms with Gasteiger partial charge >= 0.3 is 5.97 Å². The molecule has 6 aromatic carbocycles. The molecule has 0 saturated carbocycles. The van der Waals surface area contributed by atoms with E-state index in [2.05, 4.69) is 23.0 Å². The van der Waals surface area contributed by atoms with Gasteiger partial charge in [-0.15, -0.1) is 0 Å². The van der Waals surface area contributed by atoms with Crippen LogP contribution in [0.4, 0.5) is 0 Å². The van der Waals surface area contributed by atoms with Gasteiger partial charge in [0, 0.05) is 16.5 Å². The van der Waals surface area contributed by atoms with Gasteiger partial charge in [-0.05, 0) is 130 Å². The van der Waals surface area contributed by atoms with Crippen LogP contribution in [0.2, 0.25) is 0 Å². The molecule has 0 saturated heterocycles. The molecule has 0 fully saturated rings. The third kappa shape index (κ3) is 6.76. The van der Waals surface area contributed by atoms with Gasteiger partial charge in [0.25, 0.3) is 5.70 Å². The summed E-state index contributed by atoms with van der Waals surface area (Å²) in [6, 6.07) is 37.3. The molecule has 0 bridgehead atoms. The Hall–Kier alpha value is -6.87. The normalized spacial score (nSPS) is 16.0. The summed E-state index contributed by atoms with van der Waals surface area (Å²) in [4.78, 5) is 29.0. The van der Waals surface area contributed by atoms with Crippen LogP contribution in [-0.2, 0) is 27.9 Å². The molecular weight excluding hydrogens is 689 g/mol. The first-order valence-electron chi connectivity index (χ1n) is 18.0. The van der Waals surface area contributed by atoms with Gasteiger partial charge in [-0.3, -0.25) is 4.79 Å². The van der Waals surface area contributed by atoms with Crippen molar-refractivity contribution in [3.05, 3.63) is 165 Å². The summed E-state index contributed by atoms with van der Waals surface area (Å²) < 4.78 is 16.8. The van der Waals surface area contributed by atoms with Crippen LogP contribution < -0.4 is 19.1 Å². The van der Waals surface area contributed by atoms with Crippen molar-refractivity contribution in [2.45, 2.75) is 31.1 Å². The molecule has 0 aromatic heterocycles. The average Bonchev–Trinajstić information content (AvgIpc) is 3.80. The quantitative estimate of drug-likeness (QED) is 0.0264. The summed E-state index contributed by atoms with van der Waals surface area (Å²) in [5.74, 6) is 1.83. The lowest BCUT2D eigenvalue weighted by molar-refractivity contribution is -0.197. The first kappa shape index (κ1) is 35.2. The predicted octanol–water partition coefficient (Wildman–Crippen LogP) is 9.97. The first-order chi connectivity index (χ1) is 26.9. The lowest BCUT2D eigenvalue weighted by atomic mass is 9.76. The van der Waals surface area contributed by atoms with E-state index < -0.39 is 11.4 Å². The molecule has 0 aliphatic heterocycles. The number of aryl methyl sites for hydroxylation is 2. The van der Waals surface area contributed by atoms with Crippen LogP contribution in [-0.4, -0.2) is 26.8 Å². The summed E-state index contributed by atoms with van der Waals surface area (Å²) in [7, 11) is 3.27. The van der Waals surface area contributed by atoms with E-state index in [4.69, 9.17) is 30.6 Å². The van der Waals surface area contributed by atoms with Gasteiger partial charge in [0.1, 0.15) is 23.9 Å². The third-order valence-corrected chi connectivity index (χ3v) is 10.7. The van der Waals surface area contributed by atoms with Crippen LogP contribution >= 0.6 is 0 Å². The molecule has 0 heterocycles. The monoisotopic (exact) mass is 724 g/mol. The molecule has 6 aromatic rings. The number of hydrogen-bond acceptors (Lipinski definition) is 7. The van der Waals surface area contributed by atoms with E-state index in [-0.39, 0.29) is 12.3 Å². The number of rotatable bonds is 10. The summed E-state index contributed by atoms with van der Waals surface area (Å²) in [5.41, 5.74) is 5.56. The molecule has 0 amide bonds. The lowest BCUT2D eigenvalue weighted by Gasteiger charge is -2.29. The standard InChI is InChI=1S/C47H36N2O6/c1-49-41(25-31-11-13-38-27-40(52-3)17-15-36(38)24-31)46(50)54-42-8-4-6-33-18-20-47(44(33)42)21-19-34-7-5-9-43(45(34)47)55-53-29-32(28-48)22-30-10-12-37-26-39(51-2)16-14-35(37)23-30/h4-17,22-27H,18-21,29H2,2-3H3/b32-22+,41-25-. The van der Waals surface area contributed by atoms with E-state index >= 15 is 0 Å². The number of carbonyl (C=O) groups excluding carboxylic acids is 1. The van der Waals surface area contributed by atoms with Crippen molar-refractivity contribution >= 4 is 39.7 Å². The van der Waals surface area contributed by atoms with E-state index in [0.717, 1.165) is 92.1 Å². The molecule has 8 heteroatoms.